The first-order valence-corrected chi connectivity index (χ1v) is 7.85. The fourth-order valence-electron chi connectivity index (χ4n) is 2.87. The lowest BCUT2D eigenvalue weighted by Gasteiger charge is -2.36. The summed E-state index contributed by atoms with van der Waals surface area (Å²) in [5.41, 5.74) is 2.98. The van der Waals surface area contributed by atoms with Gasteiger partial charge in [-0.05, 0) is 24.6 Å². The van der Waals surface area contributed by atoms with E-state index in [2.05, 4.69) is 17.4 Å². The minimum Gasteiger partial charge on any atom is -0.375 e. The summed E-state index contributed by atoms with van der Waals surface area (Å²) in [6.45, 7) is 2.09. The van der Waals surface area contributed by atoms with Crippen LogP contribution in [0.5, 0.6) is 0 Å². The highest BCUT2D eigenvalue weighted by Gasteiger charge is 2.28. The average molecular weight is 308 g/mol. The van der Waals surface area contributed by atoms with Crippen LogP contribution >= 0.6 is 0 Å². The van der Waals surface area contributed by atoms with Crippen LogP contribution in [0.15, 0.2) is 54.6 Å². The molecule has 2 aromatic carbocycles. The maximum Gasteiger partial charge on any atom is 0.227 e. The molecule has 0 saturated heterocycles. The molecule has 1 unspecified atom stereocenters. The molecule has 4 heteroatoms. The van der Waals surface area contributed by atoms with E-state index >= 15 is 0 Å². The summed E-state index contributed by atoms with van der Waals surface area (Å²) in [5, 5.41) is 3.50. The summed E-state index contributed by atoms with van der Waals surface area (Å²) in [5.74, 6) is 0.0384. The number of benzene rings is 2. The summed E-state index contributed by atoms with van der Waals surface area (Å²) >= 11 is 0. The third-order valence-electron chi connectivity index (χ3n) is 4.08. The number of ketones is 1. The molecule has 0 fully saturated rings. The first-order chi connectivity index (χ1) is 11.1. The van der Waals surface area contributed by atoms with Gasteiger partial charge in [-0.15, -0.1) is 0 Å². The van der Waals surface area contributed by atoms with Crippen molar-refractivity contribution in [2.45, 2.75) is 25.8 Å². The first-order valence-electron chi connectivity index (χ1n) is 7.85. The third-order valence-corrected chi connectivity index (χ3v) is 4.08. The van der Waals surface area contributed by atoms with E-state index < -0.39 is 0 Å². The van der Waals surface area contributed by atoms with E-state index in [-0.39, 0.29) is 24.2 Å². The summed E-state index contributed by atoms with van der Waals surface area (Å²) in [6, 6.07) is 18.0. The number of nitrogens with zero attached hydrogens (tertiary/aromatic N) is 1. The van der Waals surface area contributed by atoms with Gasteiger partial charge in [0.1, 0.15) is 5.78 Å². The minimum atomic E-state index is -0.00455. The van der Waals surface area contributed by atoms with Gasteiger partial charge in [-0.2, -0.15) is 0 Å². The molecule has 0 saturated carbocycles. The van der Waals surface area contributed by atoms with Crippen molar-refractivity contribution in [1.29, 1.82) is 0 Å². The smallest absolute Gasteiger partial charge is 0.227 e. The Morgan fingerprint density at radius 1 is 1.04 bits per heavy atom. The number of rotatable bonds is 4. The molecule has 2 aromatic rings. The van der Waals surface area contributed by atoms with E-state index in [1.165, 1.54) is 6.92 Å². The lowest BCUT2D eigenvalue weighted by Crippen LogP contribution is -2.40. The third kappa shape index (κ3) is 3.42. The maximum absolute atomic E-state index is 12.6. The van der Waals surface area contributed by atoms with Crippen molar-refractivity contribution in [3.63, 3.8) is 0 Å². The number of hydrogen-bond acceptors (Lipinski definition) is 3. The molecule has 0 aromatic heterocycles. The van der Waals surface area contributed by atoms with Crippen LogP contribution in [0.2, 0.25) is 0 Å². The maximum atomic E-state index is 12.6. The monoisotopic (exact) mass is 308 g/mol. The quantitative estimate of drug-likeness (QED) is 0.939. The summed E-state index contributed by atoms with van der Waals surface area (Å²) in [4.78, 5) is 25.6. The van der Waals surface area contributed by atoms with E-state index in [1.54, 1.807) is 4.90 Å². The van der Waals surface area contributed by atoms with Crippen molar-refractivity contribution in [2.75, 3.05) is 16.8 Å². The van der Waals surface area contributed by atoms with Gasteiger partial charge in [-0.25, -0.2) is 0 Å². The normalized spacial score (nSPS) is 16.4. The minimum absolute atomic E-state index is 0.00455. The highest BCUT2D eigenvalue weighted by atomic mass is 16.2. The number of nitrogens with one attached hydrogen (secondary N) is 1. The molecule has 1 amide bonds. The van der Waals surface area contributed by atoms with Crippen LogP contribution in [0.1, 0.15) is 31.4 Å². The number of carbonyl (C=O) groups is 2. The molecular weight excluding hydrogens is 288 g/mol. The fourth-order valence-corrected chi connectivity index (χ4v) is 2.87. The second kappa shape index (κ2) is 6.65. The van der Waals surface area contributed by atoms with Crippen molar-refractivity contribution < 1.29 is 9.59 Å². The Balaban J connectivity index is 1.88. The fraction of sp³-hybridized carbons (Fsp3) is 0.263. The lowest BCUT2D eigenvalue weighted by atomic mass is 10.0. The van der Waals surface area contributed by atoms with Crippen LogP contribution in [-0.4, -0.2) is 18.2 Å². The van der Waals surface area contributed by atoms with Gasteiger partial charge < -0.3 is 15.0 Å². The molecule has 1 aliphatic rings. The standard InChI is InChI=1S/C19H20N2O2/c1-14(22)11-12-19(23)21-13-17(15-7-3-2-4-8-15)20-16-9-5-6-10-18(16)21/h2-10,17,20H,11-13H2,1H3. The number of Topliss-reactive ketones (excluding diaryl/α,β-unsaturated/α-hetero) is 1. The number of para-hydroxylation sites is 2. The predicted molar refractivity (Wildman–Crippen MR) is 91.5 cm³/mol. The van der Waals surface area contributed by atoms with Crippen molar-refractivity contribution in [2.24, 2.45) is 0 Å². The molecule has 1 atom stereocenters. The van der Waals surface area contributed by atoms with Crippen LogP contribution in [0.4, 0.5) is 11.4 Å². The number of fused-ring (bicyclic) bond motifs is 1. The van der Waals surface area contributed by atoms with Gasteiger partial charge in [0.15, 0.2) is 0 Å². The van der Waals surface area contributed by atoms with Crippen molar-refractivity contribution in [3.8, 4) is 0 Å². The van der Waals surface area contributed by atoms with Gasteiger partial charge in [0, 0.05) is 12.8 Å². The highest BCUT2D eigenvalue weighted by molar-refractivity contribution is 5.99. The van der Waals surface area contributed by atoms with Crippen LogP contribution in [0, 0.1) is 0 Å². The Morgan fingerprint density at radius 2 is 1.74 bits per heavy atom. The van der Waals surface area contributed by atoms with E-state index in [0.29, 0.717) is 13.0 Å². The molecule has 1 aliphatic heterocycles. The van der Waals surface area contributed by atoms with Gasteiger partial charge >= 0.3 is 0 Å². The topological polar surface area (TPSA) is 49.4 Å². The molecule has 118 valence electrons. The van der Waals surface area contributed by atoms with Crippen molar-refractivity contribution in [1.82, 2.24) is 0 Å². The van der Waals surface area contributed by atoms with Crippen LogP contribution in [0.25, 0.3) is 0 Å². The Bertz CT molecular complexity index is 712. The number of carbonyl (C=O) groups excluding carboxylic acids is 2. The molecule has 4 nitrogen and oxygen atoms in total. The summed E-state index contributed by atoms with van der Waals surface area (Å²) in [7, 11) is 0. The molecule has 1 heterocycles. The predicted octanol–water partition coefficient (Wildman–Crippen LogP) is 3.56. The number of amides is 1. The van der Waals surface area contributed by atoms with Gasteiger partial charge in [-0.1, -0.05) is 42.5 Å². The second-order valence-electron chi connectivity index (χ2n) is 5.83. The first kappa shape index (κ1) is 15.3. The largest absolute Gasteiger partial charge is 0.375 e. The highest BCUT2D eigenvalue weighted by Crippen LogP contribution is 2.35. The molecule has 0 aliphatic carbocycles. The Labute approximate surface area is 136 Å². The molecule has 0 radical (unpaired) electrons. The molecular formula is C19H20N2O2. The zero-order chi connectivity index (χ0) is 16.2. The Morgan fingerprint density at radius 3 is 2.48 bits per heavy atom. The van der Waals surface area contributed by atoms with Crippen LogP contribution < -0.4 is 10.2 Å². The van der Waals surface area contributed by atoms with E-state index in [0.717, 1.165) is 16.9 Å². The number of hydrogen-bond donors (Lipinski definition) is 1. The van der Waals surface area contributed by atoms with Crippen molar-refractivity contribution >= 4 is 23.1 Å². The molecule has 1 N–H and O–H groups in total. The zero-order valence-corrected chi connectivity index (χ0v) is 13.2. The van der Waals surface area contributed by atoms with E-state index in [9.17, 15) is 9.59 Å². The van der Waals surface area contributed by atoms with Gasteiger partial charge in [0.2, 0.25) is 5.91 Å². The zero-order valence-electron chi connectivity index (χ0n) is 13.2. The van der Waals surface area contributed by atoms with Gasteiger partial charge in [0.05, 0.1) is 24.0 Å². The lowest BCUT2D eigenvalue weighted by molar-refractivity contribution is -0.123. The van der Waals surface area contributed by atoms with Crippen molar-refractivity contribution in [3.05, 3.63) is 60.2 Å². The average Bonchev–Trinajstić information content (AvgIpc) is 2.59. The Kier molecular flexibility index (Phi) is 4.42. The second-order valence-corrected chi connectivity index (χ2v) is 5.83. The molecule has 23 heavy (non-hydrogen) atoms. The van der Waals surface area contributed by atoms with Crippen LogP contribution in [0.3, 0.4) is 0 Å². The molecule has 3 rings (SSSR count). The van der Waals surface area contributed by atoms with E-state index in [4.69, 9.17) is 0 Å². The summed E-state index contributed by atoms with van der Waals surface area (Å²) < 4.78 is 0. The number of anilines is 2. The Hall–Kier alpha value is -2.62. The SMILES string of the molecule is CC(=O)CCC(=O)N1CC(c2ccccc2)Nc2ccccc21. The van der Waals surface area contributed by atoms with Gasteiger partial charge in [0.25, 0.3) is 0 Å². The molecule has 0 bridgehead atoms. The van der Waals surface area contributed by atoms with E-state index in [1.807, 2.05) is 42.5 Å². The van der Waals surface area contributed by atoms with Gasteiger partial charge in [-0.3, -0.25) is 4.79 Å². The molecule has 0 spiro atoms. The van der Waals surface area contributed by atoms with Crippen LogP contribution in [-0.2, 0) is 9.59 Å². The summed E-state index contributed by atoms with van der Waals surface area (Å²) in [6.07, 6.45) is 0.548.